The minimum absolute atomic E-state index is 0.00993. The van der Waals surface area contributed by atoms with Gasteiger partial charge in [0.15, 0.2) is 0 Å². The maximum atomic E-state index is 11.0. The molecule has 1 N–H and O–H groups in total. The first-order valence-corrected chi connectivity index (χ1v) is 6.40. The summed E-state index contributed by atoms with van der Waals surface area (Å²) in [5, 5.41) is 14.3. The van der Waals surface area contributed by atoms with Crippen LogP contribution in [0.1, 0.15) is 12.7 Å². The van der Waals surface area contributed by atoms with Crippen LogP contribution < -0.4 is 5.43 Å². The van der Waals surface area contributed by atoms with E-state index in [1.54, 1.807) is 31.2 Å². The normalized spacial score (nSPS) is 10.6. The highest BCUT2D eigenvalue weighted by atomic mass is 16.6. The summed E-state index contributed by atoms with van der Waals surface area (Å²) in [6.07, 6.45) is 0.673. The largest absolute Gasteiger partial charge is 0.455 e. The van der Waals surface area contributed by atoms with Crippen LogP contribution >= 0.6 is 0 Å². The molecule has 8 heteroatoms. The van der Waals surface area contributed by atoms with Gasteiger partial charge < -0.3 is 9.15 Å². The van der Waals surface area contributed by atoms with Gasteiger partial charge in [-0.1, -0.05) is 0 Å². The summed E-state index contributed by atoms with van der Waals surface area (Å²) in [6, 6.07) is 9.34. The minimum Gasteiger partial charge on any atom is -0.455 e. The van der Waals surface area contributed by atoms with Crippen LogP contribution in [0.2, 0.25) is 0 Å². The molecule has 1 amide bonds. The first-order chi connectivity index (χ1) is 10.6. The lowest BCUT2D eigenvalue weighted by Crippen LogP contribution is -2.18. The highest BCUT2D eigenvalue weighted by Crippen LogP contribution is 2.23. The number of nitrogens with one attached hydrogen (secondary N) is 1. The molecule has 0 atom stereocenters. The topological polar surface area (TPSA) is 107 Å². The lowest BCUT2D eigenvalue weighted by molar-refractivity contribution is -0.384. The van der Waals surface area contributed by atoms with Gasteiger partial charge in [-0.25, -0.2) is 10.2 Å². The highest BCUT2D eigenvalue weighted by Gasteiger charge is 2.08. The SMILES string of the molecule is CCOC(=O)N/N=C\c1ccc(-c2ccc([N+](=O)[O-])cc2)o1. The monoisotopic (exact) mass is 303 g/mol. The van der Waals surface area contributed by atoms with E-state index in [4.69, 9.17) is 4.42 Å². The molecular formula is C14H13N3O5. The van der Waals surface area contributed by atoms with Gasteiger partial charge in [-0.05, 0) is 31.2 Å². The fourth-order valence-corrected chi connectivity index (χ4v) is 1.64. The van der Waals surface area contributed by atoms with Crippen molar-refractivity contribution in [2.45, 2.75) is 6.92 Å². The molecule has 0 aliphatic rings. The van der Waals surface area contributed by atoms with Crippen LogP contribution in [0.15, 0.2) is 45.9 Å². The number of hydrogen-bond acceptors (Lipinski definition) is 6. The number of rotatable bonds is 5. The molecule has 114 valence electrons. The number of nitro groups is 1. The summed E-state index contributed by atoms with van der Waals surface area (Å²) < 4.78 is 10.1. The number of amides is 1. The van der Waals surface area contributed by atoms with Crippen LogP contribution in [-0.2, 0) is 4.74 Å². The van der Waals surface area contributed by atoms with E-state index in [1.165, 1.54) is 18.3 Å². The molecule has 0 fully saturated rings. The fourth-order valence-electron chi connectivity index (χ4n) is 1.64. The number of hydrazone groups is 1. The van der Waals surface area contributed by atoms with Crippen LogP contribution in [-0.4, -0.2) is 23.8 Å². The van der Waals surface area contributed by atoms with Gasteiger partial charge >= 0.3 is 6.09 Å². The van der Waals surface area contributed by atoms with E-state index in [0.29, 0.717) is 17.1 Å². The van der Waals surface area contributed by atoms with E-state index in [-0.39, 0.29) is 12.3 Å². The number of carbonyl (C=O) groups is 1. The first-order valence-electron chi connectivity index (χ1n) is 6.40. The Bertz CT molecular complexity index is 691. The summed E-state index contributed by atoms with van der Waals surface area (Å²) in [5.41, 5.74) is 2.88. The molecule has 1 aromatic carbocycles. The Labute approximate surface area is 125 Å². The Morgan fingerprint density at radius 3 is 2.73 bits per heavy atom. The predicted molar refractivity (Wildman–Crippen MR) is 78.6 cm³/mol. The van der Waals surface area contributed by atoms with Gasteiger partial charge in [-0.3, -0.25) is 10.1 Å². The molecule has 2 rings (SSSR count). The molecule has 2 aromatic rings. The molecule has 0 bridgehead atoms. The molecule has 22 heavy (non-hydrogen) atoms. The van der Waals surface area contributed by atoms with Gasteiger partial charge in [0.05, 0.1) is 17.7 Å². The van der Waals surface area contributed by atoms with Crippen LogP contribution in [0.25, 0.3) is 11.3 Å². The Hall–Kier alpha value is -3.16. The molecular weight excluding hydrogens is 290 g/mol. The summed E-state index contributed by atoms with van der Waals surface area (Å²) in [6.45, 7) is 1.94. The third-order valence-corrected chi connectivity index (χ3v) is 2.61. The van der Waals surface area contributed by atoms with Crippen molar-refractivity contribution in [1.82, 2.24) is 5.43 Å². The van der Waals surface area contributed by atoms with Gasteiger partial charge in [0.25, 0.3) is 5.69 Å². The standard InChI is InChI=1S/C14H13N3O5/c1-2-21-14(18)16-15-9-12-7-8-13(22-12)10-3-5-11(6-4-10)17(19)20/h3-9H,2H2,1H3,(H,16,18)/b15-9-. The zero-order valence-corrected chi connectivity index (χ0v) is 11.7. The molecule has 0 radical (unpaired) electrons. The van der Waals surface area contributed by atoms with Crippen LogP contribution in [0.5, 0.6) is 0 Å². The molecule has 0 saturated heterocycles. The summed E-state index contributed by atoms with van der Waals surface area (Å²) in [7, 11) is 0. The maximum Gasteiger partial charge on any atom is 0.427 e. The second-order valence-electron chi connectivity index (χ2n) is 4.10. The third-order valence-electron chi connectivity index (χ3n) is 2.61. The average Bonchev–Trinajstić information content (AvgIpc) is 2.96. The number of nitrogens with zero attached hydrogens (tertiary/aromatic N) is 2. The van der Waals surface area contributed by atoms with Crippen molar-refractivity contribution in [2.75, 3.05) is 6.61 Å². The van der Waals surface area contributed by atoms with Crippen molar-refractivity contribution >= 4 is 18.0 Å². The Kier molecular flexibility index (Phi) is 4.86. The smallest absolute Gasteiger partial charge is 0.427 e. The van der Waals surface area contributed by atoms with Crippen molar-refractivity contribution in [1.29, 1.82) is 0 Å². The Balaban J connectivity index is 2.03. The van der Waals surface area contributed by atoms with Crippen LogP contribution in [0, 0.1) is 10.1 Å². The van der Waals surface area contributed by atoms with Crippen LogP contribution in [0.4, 0.5) is 10.5 Å². The van der Waals surface area contributed by atoms with Crippen molar-refractivity contribution in [3.05, 3.63) is 52.3 Å². The summed E-state index contributed by atoms with van der Waals surface area (Å²) in [5.74, 6) is 0.956. The van der Waals surface area contributed by atoms with Gasteiger partial charge in [0.2, 0.25) is 0 Å². The zero-order chi connectivity index (χ0) is 15.9. The number of carbonyl (C=O) groups excluding carboxylic acids is 1. The molecule has 0 aliphatic heterocycles. The lowest BCUT2D eigenvalue weighted by atomic mass is 10.1. The van der Waals surface area contributed by atoms with E-state index in [2.05, 4.69) is 15.3 Å². The van der Waals surface area contributed by atoms with Crippen molar-refractivity contribution in [3.8, 4) is 11.3 Å². The van der Waals surface area contributed by atoms with Crippen molar-refractivity contribution in [2.24, 2.45) is 5.10 Å². The maximum absolute atomic E-state index is 11.0. The van der Waals surface area contributed by atoms with Gasteiger partial charge in [0, 0.05) is 17.7 Å². The highest BCUT2D eigenvalue weighted by molar-refractivity contribution is 5.79. The van der Waals surface area contributed by atoms with E-state index in [1.807, 2.05) is 0 Å². The molecule has 1 aromatic heterocycles. The van der Waals surface area contributed by atoms with Crippen molar-refractivity contribution in [3.63, 3.8) is 0 Å². The first kappa shape index (κ1) is 15.2. The number of non-ortho nitro benzene ring substituents is 1. The number of benzene rings is 1. The average molecular weight is 303 g/mol. The summed E-state index contributed by atoms with van der Waals surface area (Å²) >= 11 is 0. The number of nitro benzene ring substituents is 1. The Morgan fingerprint density at radius 1 is 1.36 bits per heavy atom. The number of ether oxygens (including phenoxy) is 1. The lowest BCUT2D eigenvalue weighted by Gasteiger charge is -1.98. The Morgan fingerprint density at radius 2 is 2.09 bits per heavy atom. The molecule has 8 nitrogen and oxygen atoms in total. The second kappa shape index (κ2) is 7.02. The van der Waals surface area contributed by atoms with Crippen molar-refractivity contribution < 1.29 is 18.9 Å². The molecule has 0 spiro atoms. The molecule has 0 saturated carbocycles. The second-order valence-corrected chi connectivity index (χ2v) is 4.10. The van der Waals surface area contributed by atoms with E-state index < -0.39 is 11.0 Å². The van der Waals surface area contributed by atoms with Gasteiger partial charge in [0.1, 0.15) is 11.5 Å². The van der Waals surface area contributed by atoms with E-state index >= 15 is 0 Å². The quantitative estimate of drug-likeness (QED) is 0.519. The minimum atomic E-state index is -0.652. The van der Waals surface area contributed by atoms with Crippen LogP contribution in [0.3, 0.4) is 0 Å². The number of furan rings is 1. The molecule has 1 heterocycles. The van der Waals surface area contributed by atoms with E-state index in [9.17, 15) is 14.9 Å². The molecule has 0 unspecified atom stereocenters. The van der Waals surface area contributed by atoms with E-state index in [0.717, 1.165) is 0 Å². The molecule has 0 aliphatic carbocycles. The number of hydrogen-bond donors (Lipinski definition) is 1. The van der Waals surface area contributed by atoms with Gasteiger partial charge in [-0.2, -0.15) is 5.10 Å². The zero-order valence-electron chi connectivity index (χ0n) is 11.7. The van der Waals surface area contributed by atoms with Gasteiger partial charge in [-0.15, -0.1) is 0 Å². The fraction of sp³-hybridized carbons (Fsp3) is 0.143. The predicted octanol–water partition coefficient (Wildman–Crippen LogP) is 2.93. The third kappa shape index (κ3) is 3.92. The summed E-state index contributed by atoms with van der Waals surface area (Å²) in [4.78, 5) is 21.1.